The predicted molar refractivity (Wildman–Crippen MR) is 117 cm³/mol. The number of ether oxygens (including phenoxy) is 1. The van der Waals surface area contributed by atoms with Gasteiger partial charge in [0.25, 0.3) is 0 Å². The van der Waals surface area contributed by atoms with Gasteiger partial charge in [0.15, 0.2) is 0 Å². The molecule has 0 amide bonds. The number of methoxy groups -OCH3 is 1. The molecule has 0 unspecified atom stereocenters. The molecule has 1 aliphatic heterocycles. The minimum absolute atomic E-state index is 0.0777. The van der Waals surface area contributed by atoms with Gasteiger partial charge in [-0.15, -0.1) is 0 Å². The van der Waals surface area contributed by atoms with Crippen LogP contribution < -0.4 is 10.2 Å². The number of aromatic nitrogens is 1. The van der Waals surface area contributed by atoms with Crippen molar-refractivity contribution in [2.24, 2.45) is 0 Å². The zero-order valence-electron chi connectivity index (χ0n) is 18.2. The van der Waals surface area contributed by atoms with E-state index in [0.29, 0.717) is 0 Å². The molecule has 1 N–H and O–H groups in total. The highest BCUT2D eigenvalue weighted by Gasteiger charge is 2.52. The van der Waals surface area contributed by atoms with Crippen LogP contribution in [0.4, 0.5) is 0 Å². The lowest BCUT2D eigenvalue weighted by Crippen LogP contribution is -2.41. The summed E-state index contributed by atoms with van der Waals surface area (Å²) < 4.78 is 18.4. The summed E-state index contributed by atoms with van der Waals surface area (Å²) in [5.74, 6) is 0.854. The maximum absolute atomic E-state index is 6.32. The van der Waals surface area contributed by atoms with Crippen molar-refractivity contribution in [3.05, 3.63) is 35.9 Å². The molecule has 28 heavy (non-hydrogen) atoms. The Kier molecular flexibility index (Phi) is 4.15. The highest BCUT2D eigenvalue weighted by Crippen LogP contribution is 2.39. The van der Waals surface area contributed by atoms with E-state index in [2.05, 4.69) is 71.6 Å². The van der Waals surface area contributed by atoms with Crippen LogP contribution in [0.2, 0.25) is 0 Å². The smallest absolute Gasteiger partial charge is 0.496 e. The maximum Gasteiger partial charge on any atom is 0.497 e. The Labute approximate surface area is 167 Å². The van der Waals surface area contributed by atoms with Crippen molar-refractivity contribution in [3.63, 3.8) is 0 Å². The first kappa shape index (κ1) is 19.3. The molecule has 2 aromatic carbocycles. The van der Waals surface area contributed by atoms with Gasteiger partial charge in [-0.3, -0.25) is 0 Å². The predicted octanol–water partition coefficient (Wildman–Crippen LogP) is 4.93. The van der Waals surface area contributed by atoms with Crippen LogP contribution in [0.5, 0.6) is 5.75 Å². The normalized spacial score (nSPS) is 18.9. The Morgan fingerprint density at radius 1 is 0.964 bits per heavy atom. The monoisotopic (exact) mass is 379 g/mol. The highest BCUT2D eigenvalue weighted by atomic mass is 16.7. The van der Waals surface area contributed by atoms with Gasteiger partial charge in [0.05, 0.1) is 18.3 Å². The summed E-state index contributed by atoms with van der Waals surface area (Å²) in [5, 5.41) is 2.24. The van der Waals surface area contributed by atoms with Crippen molar-refractivity contribution < 1.29 is 14.0 Å². The molecule has 1 fully saturated rings. The van der Waals surface area contributed by atoms with Crippen LogP contribution in [0.3, 0.4) is 0 Å². The molecule has 5 heteroatoms. The summed E-state index contributed by atoms with van der Waals surface area (Å²) in [6.45, 7) is 15.0. The number of benzene rings is 2. The van der Waals surface area contributed by atoms with Gasteiger partial charge in [-0.2, -0.15) is 0 Å². The fraction of sp³-hybridized carbons (Fsp3) is 0.478. The lowest BCUT2D eigenvalue weighted by molar-refractivity contribution is 0.00578. The van der Waals surface area contributed by atoms with E-state index < -0.39 is 7.12 Å². The molecule has 2 heterocycles. The maximum atomic E-state index is 6.32. The first-order valence-corrected chi connectivity index (χ1v) is 9.93. The molecule has 0 radical (unpaired) electrons. The van der Waals surface area contributed by atoms with Crippen molar-refractivity contribution in [2.45, 2.75) is 65.1 Å². The molecule has 1 saturated heterocycles. The van der Waals surface area contributed by atoms with Crippen LogP contribution in [-0.4, -0.2) is 30.4 Å². The Hall–Kier alpha value is -1.98. The van der Waals surface area contributed by atoms with Crippen LogP contribution in [0.15, 0.2) is 30.3 Å². The molecular formula is C23H30BNO3. The van der Waals surface area contributed by atoms with Crippen molar-refractivity contribution in [1.82, 2.24) is 4.98 Å². The van der Waals surface area contributed by atoms with Gasteiger partial charge in [-0.05, 0) is 56.9 Å². The van der Waals surface area contributed by atoms with Crippen molar-refractivity contribution in [3.8, 4) is 5.75 Å². The largest absolute Gasteiger partial charge is 0.497 e. The van der Waals surface area contributed by atoms with Gasteiger partial charge in [-0.1, -0.05) is 32.9 Å². The lowest BCUT2D eigenvalue weighted by atomic mass is 9.77. The van der Waals surface area contributed by atoms with Gasteiger partial charge in [0.1, 0.15) is 5.75 Å². The number of hydrogen-bond donors (Lipinski definition) is 1. The molecule has 0 spiro atoms. The molecule has 1 aromatic heterocycles. The molecule has 3 aromatic rings. The molecule has 0 atom stereocenters. The Bertz CT molecular complexity index is 1040. The summed E-state index contributed by atoms with van der Waals surface area (Å²) in [4.78, 5) is 3.59. The molecule has 0 aliphatic carbocycles. The van der Waals surface area contributed by atoms with Gasteiger partial charge < -0.3 is 19.0 Å². The van der Waals surface area contributed by atoms with E-state index >= 15 is 0 Å². The number of fused-ring (bicyclic) bond motifs is 3. The van der Waals surface area contributed by atoms with Crippen LogP contribution in [0.25, 0.3) is 21.8 Å². The lowest BCUT2D eigenvalue weighted by Gasteiger charge is -2.32. The summed E-state index contributed by atoms with van der Waals surface area (Å²) in [5.41, 5.74) is 3.72. The summed E-state index contributed by atoms with van der Waals surface area (Å²) in [6.07, 6.45) is 0. The first-order chi connectivity index (χ1) is 12.9. The molecule has 0 bridgehead atoms. The van der Waals surface area contributed by atoms with Crippen molar-refractivity contribution >= 4 is 34.4 Å². The topological polar surface area (TPSA) is 43.5 Å². The highest BCUT2D eigenvalue weighted by molar-refractivity contribution is 6.65. The zero-order valence-corrected chi connectivity index (χ0v) is 18.2. The third-order valence-electron chi connectivity index (χ3n) is 6.34. The molecule has 148 valence electrons. The quantitative estimate of drug-likeness (QED) is 0.643. The Morgan fingerprint density at radius 3 is 2.18 bits per heavy atom. The average Bonchev–Trinajstić information content (AvgIpc) is 3.07. The Balaban J connectivity index is 1.96. The molecular weight excluding hydrogens is 349 g/mol. The molecule has 4 nitrogen and oxygen atoms in total. The van der Waals surface area contributed by atoms with E-state index in [1.54, 1.807) is 7.11 Å². The van der Waals surface area contributed by atoms with Gasteiger partial charge in [0.2, 0.25) is 0 Å². The SMILES string of the molecule is COc1ccc(B2OC(C)(C)C(C)(C)O2)c2[nH]c3ccc(C(C)(C)C)cc3c12. The van der Waals surface area contributed by atoms with Gasteiger partial charge in [-0.25, -0.2) is 0 Å². The minimum atomic E-state index is -0.423. The average molecular weight is 379 g/mol. The number of hydrogen-bond acceptors (Lipinski definition) is 3. The van der Waals surface area contributed by atoms with Crippen LogP contribution in [0, 0.1) is 0 Å². The first-order valence-electron chi connectivity index (χ1n) is 9.93. The molecule has 4 rings (SSSR count). The van der Waals surface area contributed by atoms with E-state index in [1.165, 1.54) is 5.56 Å². The van der Waals surface area contributed by atoms with Crippen molar-refractivity contribution in [2.75, 3.05) is 7.11 Å². The van der Waals surface area contributed by atoms with E-state index in [9.17, 15) is 0 Å². The zero-order chi connectivity index (χ0) is 20.5. The number of rotatable bonds is 2. The van der Waals surface area contributed by atoms with E-state index in [4.69, 9.17) is 14.0 Å². The second kappa shape index (κ2) is 6.01. The van der Waals surface area contributed by atoms with Crippen LogP contribution >= 0.6 is 0 Å². The molecule has 0 saturated carbocycles. The van der Waals surface area contributed by atoms with Gasteiger partial charge >= 0.3 is 7.12 Å². The fourth-order valence-electron chi connectivity index (χ4n) is 3.80. The van der Waals surface area contributed by atoms with E-state index in [0.717, 1.165) is 33.0 Å². The van der Waals surface area contributed by atoms with Gasteiger partial charge in [0, 0.05) is 27.3 Å². The molecule has 1 aliphatic rings. The minimum Gasteiger partial charge on any atom is -0.496 e. The summed E-state index contributed by atoms with van der Waals surface area (Å²) in [6, 6.07) is 10.7. The van der Waals surface area contributed by atoms with E-state index in [1.807, 2.05) is 12.1 Å². The third-order valence-corrected chi connectivity index (χ3v) is 6.34. The van der Waals surface area contributed by atoms with Crippen LogP contribution in [0.1, 0.15) is 54.0 Å². The number of H-pyrrole nitrogens is 1. The number of aromatic amines is 1. The second-order valence-electron chi connectivity index (χ2n) is 9.83. The van der Waals surface area contributed by atoms with E-state index in [-0.39, 0.29) is 16.6 Å². The Morgan fingerprint density at radius 2 is 1.61 bits per heavy atom. The summed E-state index contributed by atoms with van der Waals surface area (Å²) in [7, 11) is 1.30. The third kappa shape index (κ3) is 2.84. The van der Waals surface area contributed by atoms with Crippen LogP contribution in [-0.2, 0) is 14.7 Å². The van der Waals surface area contributed by atoms with Crippen molar-refractivity contribution in [1.29, 1.82) is 0 Å². The summed E-state index contributed by atoms with van der Waals surface area (Å²) >= 11 is 0. The number of nitrogens with one attached hydrogen (secondary N) is 1. The fourth-order valence-corrected chi connectivity index (χ4v) is 3.80. The second-order valence-corrected chi connectivity index (χ2v) is 9.83. The standard InChI is InChI=1S/C23H30BNO3/c1-21(2,3)14-9-11-17-15(13-14)19-18(26-8)12-10-16(20(19)25-17)24-27-22(4,5)23(6,7)28-24/h9-13,25H,1-8H3.